The standard InChI is InChI=1S/C15H31N3O/c1-14(12-17-6-2-3-7-17)10-16-11-15(19)13-18-8-4-5-9-18/h14-16,19H,2-13H2,1H3. The first-order valence-corrected chi connectivity index (χ1v) is 8.07. The topological polar surface area (TPSA) is 38.7 Å². The number of nitrogens with zero attached hydrogens (tertiary/aromatic N) is 2. The molecule has 4 nitrogen and oxygen atoms in total. The molecule has 0 spiro atoms. The van der Waals surface area contributed by atoms with Crippen LogP contribution in [-0.4, -0.2) is 73.4 Å². The van der Waals surface area contributed by atoms with E-state index in [0.29, 0.717) is 5.92 Å². The van der Waals surface area contributed by atoms with E-state index in [1.54, 1.807) is 0 Å². The molecule has 0 saturated carbocycles. The lowest BCUT2D eigenvalue weighted by Crippen LogP contribution is -2.39. The first kappa shape index (κ1) is 15.2. The number of nitrogens with one attached hydrogen (secondary N) is 1. The van der Waals surface area contributed by atoms with Gasteiger partial charge in [-0.05, 0) is 64.3 Å². The zero-order chi connectivity index (χ0) is 13.5. The number of hydrogen-bond donors (Lipinski definition) is 2. The summed E-state index contributed by atoms with van der Waals surface area (Å²) in [6.45, 7) is 11.0. The summed E-state index contributed by atoms with van der Waals surface area (Å²) in [5.41, 5.74) is 0. The number of aliphatic hydroxyl groups excluding tert-OH is 1. The first-order valence-electron chi connectivity index (χ1n) is 8.07. The Morgan fingerprint density at radius 3 is 2.00 bits per heavy atom. The Labute approximate surface area is 118 Å². The Kier molecular flexibility index (Phi) is 6.57. The fourth-order valence-electron chi connectivity index (χ4n) is 3.29. The van der Waals surface area contributed by atoms with Gasteiger partial charge < -0.3 is 20.2 Å². The van der Waals surface area contributed by atoms with Gasteiger partial charge in [0.05, 0.1) is 6.10 Å². The average molecular weight is 269 g/mol. The van der Waals surface area contributed by atoms with Gasteiger partial charge in [-0.25, -0.2) is 0 Å². The van der Waals surface area contributed by atoms with Crippen molar-refractivity contribution in [2.75, 3.05) is 52.4 Å². The summed E-state index contributed by atoms with van der Waals surface area (Å²) in [5.74, 6) is 0.678. The van der Waals surface area contributed by atoms with E-state index in [-0.39, 0.29) is 6.10 Å². The minimum absolute atomic E-state index is 0.211. The highest BCUT2D eigenvalue weighted by molar-refractivity contribution is 4.73. The van der Waals surface area contributed by atoms with Crippen LogP contribution in [0.25, 0.3) is 0 Å². The molecular weight excluding hydrogens is 238 g/mol. The van der Waals surface area contributed by atoms with Gasteiger partial charge in [0.1, 0.15) is 0 Å². The van der Waals surface area contributed by atoms with Gasteiger partial charge in [-0.15, -0.1) is 0 Å². The van der Waals surface area contributed by atoms with Gasteiger partial charge in [-0.3, -0.25) is 0 Å². The van der Waals surface area contributed by atoms with Crippen LogP contribution in [0.1, 0.15) is 32.6 Å². The van der Waals surface area contributed by atoms with E-state index >= 15 is 0 Å². The van der Waals surface area contributed by atoms with E-state index < -0.39 is 0 Å². The fourth-order valence-corrected chi connectivity index (χ4v) is 3.29. The van der Waals surface area contributed by atoms with Crippen LogP contribution >= 0.6 is 0 Å². The van der Waals surface area contributed by atoms with Crippen molar-refractivity contribution in [3.8, 4) is 0 Å². The summed E-state index contributed by atoms with van der Waals surface area (Å²) in [4.78, 5) is 4.94. The summed E-state index contributed by atoms with van der Waals surface area (Å²) < 4.78 is 0. The maximum Gasteiger partial charge on any atom is 0.0791 e. The largest absolute Gasteiger partial charge is 0.390 e. The van der Waals surface area contributed by atoms with Crippen molar-refractivity contribution in [2.24, 2.45) is 5.92 Å². The average Bonchev–Trinajstić information content (AvgIpc) is 3.02. The van der Waals surface area contributed by atoms with Gasteiger partial charge >= 0.3 is 0 Å². The molecule has 2 N–H and O–H groups in total. The van der Waals surface area contributed by atoms with Crippen molar-refractivity contribution in [2.45, 2.75) is 38.7 Å². The molecule has 0 radical (unpaired) electrons. The lowest BCUT2D eigenvalue weighted by molar-refractivity contribution is 0.122. The van der Waals surface area contributed by atoms with Crippen LogP contribution in [0.3, 0.4) is 0 Å². The molecule has 112 valence electrons. The van der Waals surface area contributed by atoms with Crippen LogP contribution in [-0.2, 0) is 0 Å². The van der Waals surface area contributed by atoms with Crippen molar-refractivity contribution in [3.05, 3.63) is 0 Å². The van der Waals surface area contributed by atoms with Crippen molar-refractivity contribution < 1.29 is 5.11 Å². The second kappa shape index (κ2) is 8.20. The van der Waals surface area contributed by atoms with Crippen LogP contribution in [0.2, 0.25) is 0 Å². The van der Waals surface area contributed by atoms with Crippen LogP contribution in [0.15, 0.2) is 0 Å². The molecule has 19 heavy (non-hydrogen) atoms. The number of β-amino-alcohol motifs (C(OH)–C–C–N with tert-alkyl or cyclic N) is 1. The molecule has 0 aromatic carbocycles. The number of likely N-dealkylation sites (tertiary alicyclic amines) is 2. The Morgan fingerprint density at radius 2 is 1.42 bits per heavy atom. The smallest absolute Gasteiger partial charge is 0.0791 e. The highest BCUT2D eigenvalue weighted by atomic mass is 16.3. The number of aliphatic hydroxyl groups is 1. The molecule has 0 amide bonds. The summed E-state index contributed by atoms with van der Waals surface area (Å²) in [5, 5.41) is 13.4. The second-order valence-electron chi connectivity index (χ2n) is 6.43. The first-order chi connectivity index (χ1) is 9.24. The van der Waals surface area contributed by atoms with E-state index in [9.17, 15) is 5.11 Å². The molecule has 4 heteroatoms. The van der Waals surface area contributed by atoms with E-state index in [2.05, 4.69) is 22.0 Å². The normalized spacial score (nSPS) is 24.9. The van der Waals surface area contributed by atoms with E-state index in [4.69, 9.17) is 0 Å². The fraction of sp³-hybridized carbons (Fsp3) is 1.00. The minimum Gasteiger partial charge on any atom is -0.390 e. The maximum atomic E-state index is 9.99. The zero-order valence-corrected chi connectivity index (χ0v) is 12.5. The van der Waals surface area contributed by atoms with Gasteiger partial charge in [0.15, 0.2) is 0 Å². The monoisotopic (exact) mass is 269 g/mol. The molecule has 0 aromatic rings. The number of rotatable bonds is 8. The van der Waals surface area contributed by atoms with Gasteiger partial charge in [-0.2, -0.15) is 0 Å². The van der Waals surface area contributed by atoms with Gasteiger partial charge in [-0.1, -0.05) is 6.92 Å². The molecular formula is C15H31N3O. The van der Waals surface area contributed by atoms with Crippen LogP contribution in [0, 0.1) is 5.92 Å². The summed E-state index contributed by atoms with van der Waals surface area (Å²) >= 11 is 0. The summed E-state index contributed by atoms with van der Waals surface area (Å²) in [6, 6.07) is 0. The highest BCUT2D eigenvalue weighted by Gasteiger charge is 2.17. The third-order valence-electron chi connectivity index (χ3n) is 4.31. The van der Waals surface area contributed by atoms with Crippen LogP contribution < -0.4 is 5.32 Å². The number of hydrogen-bond acceptors (Lipinski definition) is 4. The van der Waals surface area contributed by atoms with Crippen molar-refractivity contribution >= 4 is 0 Å². The molecule has 0 aliphatic carbocycles. The lowest BCUT2D eigenvalue weighted by Gasteiger charge is -2.22. The summed E-state index contributed by atoms with van der Waals surface area (Å²) in [7, 11) is 0. The summed E-state index contributed by atoms with van der Waals surface area (Å²) in [6.07, 6.45) is 5.13. The molecule has 2 saturated heterocycles. The van der Waals surface area contributed by atoms with Crippen LogP contribution in [0.5, 0.6) is 0 Å². The quantitative estimate of drug-likeness (QED) is 0.682. The predicted octanol–water partition coefficient (Wildman–Crippen LogP) is 0.765. The second-order valence-corrected chi connectivity index (χ2v) is 6.43. The molecule has 2 rings (SSSR count). The molecule has 2 atom stereocenters. The van der Waals surface area contributed by atoms with Crippen molar-refractivity contribution in [3.63, 3.8) is 0 Å². The third kappa shape index (κ3) is 5.78. The zero-order valence-electron chi connectivity index (χ0n) is 12.5. The molecule has 2 fully saturated rings. The molecule has 2 aliphatic rings. The SMILES string of the molecule is CC(CNCC(O)CN1CCCC1)CN1CCCC1. The predicted molar refractivity (Wildman–Crippen MR) is 79.4 cm³/mol. The molecule has 2 aliphatic heterocycles. The van der Waals surface area contributed by atoms with E-state index in [1.165, 1.54) is 58.4 Å². The molecule has 2 unspecified atom stereocenters. The van der Waals surface area contributed by atoms with Crippen molar-refractivity contribution in [1.29, 1.82) is 0 Å². The van der Waals surface area contributed by atoms with Crippen LogP contribution in [0.4, 0.5) is 0 Å². The van der Waals surface area contributed by atoms with E-state index in [0.717, 1.165) is 19.6 Å². The molecule has 0 aromatic heterocycles. The highest BCUT2D eigenvalue weighted by Crippen LogP contribution is 2.10. The Balaban J connectivity index is 1.49. The molecule has 0 bridgehead atoms. The Morgan fingerprint density at radius 1 is 0.895 bits per heavy atom. The Hall–Kier alpha value is -0.160. The van der Waals surface area contributed by atoms with Crippen molar-refractivity contribution in [1.82, 2.24) is 15.1 Å². The Bertz CT molecular complexity index is 214. The van der Waals surface area contributed by atoms with E-state index in [1.807, 2.05) is 0 Å². The lowest BCUT2D eigenvalue weighted by atomic mass is 10.1. The van der Waals surface area contributed by atoms with Gasteiger partial charge in [0, 0.05) is 19.6 Å². The third-order valence-corrected chi connectivity index (χ3v) is 4.31. The maximum absolute atomic E-state index is 9.99. The molecule has 2 heterocycles. The van der Waals surface area contributed by atoms with Gasteiger partial charge in [0.25, 0.3) is 0 Å². The van der Waals surface area contributed by atoms with Gasteiger partial charge in [0.2, 0.25) is 0 Å². The minimum atomic E-state index is -0.211.